The molecule has 0 saturated carbocycles. The zero-order valence-electron chi connectivity index (χ0n) is 23.0. The third kappa shape index (κ3) is 5.83. The minimum Gasteiger partial charge on any atom is -0.494 e. The number of aromatic nitrogens is 6. The van der Waals surface area contributed by atoms with E-state index in [-0.39, 0.29) is 41.2 Å². The van der Waals surface area contributed by atoms with Crippen molar-refractivity contribution >= 4 is 5.91 Å². The first-order valence-electron chi connectivity index (χ1n) is 13.0. The molecule has 222 valence electrons. The highest BCUT2D eigenvalue weighted by Crippen LogP contribution is 2.33. The van der Waals surface area contributed by atoms with E-state index < -0.39 is 30.2 Å². The van der Waals surface area contributed by atoms with E-state index >= 15 is 4.39 Å². The number of amides is 1. The summed E-state index contributed by atoms with van der Waals surface area (Å²) in [6, 6.07) is 4.47. The van der Waals surface area contributed by atoms with Gasteiger partial charge in [0, 0.05) is 37.0 Å². The Morgan fingerprint density at radius 1 is 1.24 bits per heavy atom. The normalized spacial score (nSPS) is 13.7. The number of aliphatic hydroxyl groups excluding tert-OH is 1. The summed E-state index contributed by atoms with van der Waals surface area (Å²) < 4.78 is 64.7. The van der Waals surface area contributed by atoms with Crippen molar-refractivity contribution in [3.63, 3.8) is 0 Å². The molecule has 42 heavy (non-hydrogen) atoms. The number of aryl methyl sites for hydroxylation is 1. The largest absolute Gasteiger partial charge is 0.494 e. The van der Waals surface area contributed by atoms with Crippen LogP contribution in [0, 0.1) is 12.7 Å². The van der Waals surface area contributed by atoms with Gasteiger partial charge in [0.15, 0.2) is 11.6 Å². The molecule has 2 N–H and O–H groups in total. The number of hydrogen-bond acceptors (Lipinski definition) is 8. The number of carbonyl (C=O) groups is 1. The Kier molecular flexibility index (Phi) is 7.97. The van der Waals surface area contributed by atoms with Crippen molar-refractivity contribution in [2.45, 2.75) is 45.8 Å². The first-order chi connectivity index (χ1) is 20.0. The van der Waals surface area contributed by atoms with E-state index in [4.69, 9.17) is 4.74 Å². The molecule has 4 aromatic rings. The van der Waals surface area contributed by atoms with Crippen LogP contribution in [-0.2, 0) is 38.8 Å². The number of benzene rings is 1. The van der Waals surface area contributed by atoms with E-state index in [9.17, 15) is 23.1 Å². The molecule has 4 heterocycles. The lowest BCUT2D eigenvalue weighted by molar-refractivity contribution is -0.142. The van der Waals surface area contributed by atoms with Gasteiger partial charge in [0.05, 0.1) is 49.1 Å². The van der Waals surface area contributed by atoms with Gasteiger partial charge in [-0.15, -0.1) is 5.10 Å². The standard InChI is InChI=1S/C27H28F4N8O3/c1-15-10-39(36-34-15)22-4-5-23(42-3)24(28)18(22)9-32-26(41)19-12-38(35-21(19)14-40)11-17-8-16-6-7-37(2)13-20(16)33-25(17)27(29,30)31/h4-5,8,10,12,40H,6-7,9,11,13-14H2,1-3H3,(H,32,41). The monoisotopic (exact) mass is 588 g/mol. The molecular weight excluding hydrogens is 560 g/mol. The van der Waals surface area contributed by atoms with Crippen molar-refractivity contribution < 1.29 is 32.2 Å². The highest BCUT2D eigenvalue weighted by atomic mass is 19.4. The summed E-state index contributed by atoms with van der Waals surface area (Å²) in [6.07, 6.45) is -1.31. The van der Waals surface area contributed by atoms with E-state index in [0.29, 0.717) is 36.6 Å². The maximum Gasteiger partial charge on any atom is 0.433 e. The zero-order valence-corrected chi connectivity index (χ0v) is 23.0. The number of fused-ring (bicyclic) bond motifs is 1. The lowest BCUT2D eigenvalue weighted by atomic mass is 10.0. The highest BCUT2D eigenvalue weighted by Gasteiger charge is 2.37. The van der Waals surface area contributed by atoms with Crippen LogP contribution < -0.4 is 10.1 Å². The number of rotatable bonds is 8. The number of carbonyl (C=O) groups excluding carboxylic acids is 1. The molecule has 0 bridgehead atoms. The second kappa shape index (κ2) is 11.5. The molecule has 11 nitrogen and oxygen atoms in total. The fraction of sp³-hybridized carbons (Fsp3) is 0.370. The summed E-state index contributed by atoms with van der Waals surface area (Å²) >= 11 is 0. The summed E-state index contributed by atoms with van der Waals surface area (Å²) in [5, 5.41) is 24.5. The van der Waals surface area contributed by atoms with Gasteiger partial charge in [-0.25, -0.2) is 14.1 Å². The van der Waals surface area contributed by atoms with Crippen molar-refractivity contribution in [2.24, 2.45) is 0 Å². The van der Waals surface area contributed by atoms with E-state index in [1.165, 1.54) is 30.1 Å². The molecule has 0 radical (unpaired) electrons. The Hall–Kier alpha value is -4.37. The van der Waals surface area contributed by atoms with Gasteiger partial charge < -0.3 is 20.1 Å². The lowest BCUT2D eigenvalue weighted by Gasteiger charge is -2.26. The van der Waals surface area contributed by atoms with Crippen LogP contribution in [0.15, 0.2) is 30.6 Å². The van der Waals surface area contributed by atoms with Crippen LogP contribution in [0.2, 0.25) is 0 Å². The average molecular weight is 589 g/mol. The molecule has 0 atom stereocenters. The smallest absolute Gasteiger partial charge is 0.433 e. The summed E-state index contributed by atoms with van der Waals surface area (Å²) in [4.78, 5) is 19.0. The summed E-state index contributed by atoms with van der Waals surface area (Å²) in [5.41, 5.74) is 0.834. The fourth-order valence-corrected chi connectivity index (χ4v) is 4.89. The molecule has 1 amide bonds. The maximum absolute atomic E-state index is 15.3. The number of pyridine rings is 1. The SMILES string of the molecule is COc1ccc(-n2cc(C)nn2)c(CNC(=O)c2cn(Cc3cc4c(nc3C(F)(F)F)CN(C)CC4)nc2CO)c1F. The average Bonchev–Trinajstić information content (AvgIpc) is 3.57. The Morgan fingerprint density at radius 3 is 2.69 bits per heavy atom. The Balaban J connectivity index is 1.41. The minimum atomic E-state index is -4.70. The summed E-state index contributed by atoms with van der Waals surface area (Å²) in [5.74, 6) is -1.47. The van der Waals surface area contributed by atoms with Gasteiger partial charge in [-0.05, 0) is 44.2 Å². The first-order valence-corrected chi connectivity index (χ1v) is 13.0. The first kappa shape index (κ1) is 29.1. The molecule has 0 saturated heterocycles. The molecule has 15 heteroatoms. The summed E-state index contributed by atoms with van der Waals surface area (Å²) in [6.45, 7) is 1.44. The molecule has 3 aromatic heterocycles. The Bertz CT molecular complexity index is 1630. The molecule has 5 rings (SSSR count). The van der Waals surface area contributed by atoms with Gasteiger partial charge >= 0.3 is 6.18 Å². The van der Waals surface area contributed by atoms with E-state index in [1.54, 1.807) is 19.2 Å². The number of hydrogen-bond donors (Lipinski definition) is 2. The maximum atomic E-state index is 15.3. The topological polar surface area (TPSA) is 123 Å². The van der Waals surface area contributed by atoms with Gasteiger partial charge in [-0.1, -0.05) is 5.21 Å². The molecule has 0 fully saturated rings. The van der Waals surface area contributed by atoms with E-state index in [1.807, 2.05) is 11.9 Å². The molecule has 1 aromatic carbocycles. The van der Waals surface area contributed by atoms with Crippen molar-refractivity contribution in [1.29, 1.82) is 0 Å². The van der Waals surface area contributed by atoms with Crippen molar-refractivity contribution in [2.75, 3.05) is 20.7 Å². The van der Waals surface area contributed by atoms with Gasteiger partial charge in [0.25, 0.3) is 5.91 Å². The predicted octanol–water partition coefficient (Wildman–Crippen LogP) is 2.79. The van der Waals surface area contributed by atoms with Crippen LogP contribution in [-0.4, -0.2) is 66.4 Å². The quantitative estimate of drug-likeness (QED) is 0.302. The van der Waals surface area contributed by atoms with Crippen LogP contribution in [0.25, 0.3) is 5.69 Å². The van der Waals surface area contributed by atoms with Crippen LogP contribution in [0.3, 0.4) is 0 Å². The van der Waals surface area contributed by atoms with Crippen LogP contribution >= 0.6 is 0 Å². The van der Waals surface area contributed by atoms with Crippen molar-refractivity contribution in [1.82, 2.24) is 40.0 Å². The number of halogens is 4. The summed E-state index contributed by atoms with van der Waals surface area (Å²) in [7, 11) is 3.13. The second-order valence-corrected chi connectivity index (χ2v) is 10.00. The van der Waals surface area contributed by atoms with Crippen molar-refractivity contribution in [3.05, 3.63) is 81.4 Å². The Morgan fingerprint density at radius 2 is 2.02 bits per heavy atom. The minimum absolute atomic E-state index is 0.0468. The van der Waals surface area contributed by atoms with Crippen molar-refractivity contribution in [3.8, 4) is 11.4 Å². The van der Waals surface area contributed by atoms with E-state index in [0.717, 1.165) is 10.2 Å². The number of alkyl halides is 3. The highest BCUT2D eigenvalue weighted by molar-refractivity contribution is 5.95. The van der Waals surface area contributed by atoms with E-state index in [2.05, 4.69) is 25.7 Å². The Labute approximate surface area is 237 Å². The molecule has 0 aliphatic carbocycles. The number of nitrogens with zero attached hydrogens (tertiary/aromatic N) is 7. The third-order valence-corrected chi connectivity index (χ3v) is 6.97. The van der Waals surface area contributed by atoms with Crippen LogP contribution in [0.4, 0.5) is 17.6 Å². The second-order valence-electron chi connectivity index (χ2n) is 10.00. The van der Waals surface area contributed by atoms with Gasteiger partial charge in [0.2, 0.25) is 0 Å². The molecule has 1 aliphatic rings. The number of nitrogens with one attached hydrogen (secondary N) is 1. The predicted molar refractivity (Wildman–Crippen MR) is 140 cm³/mol. The molecule has 0 spiro atoms. The molecular formula is C27H28F4N8O3. The number of aliphatic hydroxyl groups is 1. The number of ether oxygens (including phenoxy) is 1. The van der Waals surface area contributed by atoms with Gasteiger partial charge in [0.1, 0.15) is 11.4 Å². The van der Waals surface area contributed by atoms with Gasteiger partial charge in [-0.2, -0.15) is 18.3 Å². The number of likely N-dealkylation sites (N-methyl/N-ethyl adjacent to an activating group) is 1. The molecule has 0 unspecified atom stereocenters. The van der Waals surface area contributed by atoms with Gasteiger partial charge in [-0.3, -0.25) is 9.48 Å². The van der Waals surface area contributed by atoms with Crippen LogP contribution in [0.5, 0.6) is 5.75 Å². The molecule has 1 aliphatic heterocycles. The number of methoxy groups -OCH3 is 1. The zero-order chi connectivity index (χ0) is 30.2. The third-order valence-electron chi connectivity index (χ3n) is 6.97. The lowest BCUT2D eigenvalue weighted by Crippen LogP contribution is -2.29. The fourth-order valence-electron chi connectivity index (χ4n) is 4.89. The van der Waals surface area contributed by atoms with Crippen LogP contribution in [0.1, 0.15) is 49.8 Å².